The van der Waals surface area contributed by atoms with Crippen LogP contribution >= 0.6 is 0 Å². The van der Waals surface area contributed by atoms with Crippen molar-refractivity contribution in [3.05, 3.63) is 16.6 Å². The molecule has 0 heterocycles. The predicted molar refractivity (Wildman–Crippen MR) is 39.3 cm³/mol. The van der Waals surface area contributed by atoms with E-state index in [0.29, 0.717) is 6.54 Å². The molecule has 0 fully saturated rings. The maximum absolute atomic E-state index is 9.65. The van der Waals surface area contributed by atoms with Gasteiger partial charge in [-0.2, -0.15) is 4.91 Å². The first-order valence-electron chi connectivity index (χ1n) is 3.32. The molecule has 0 N–H and O–H groups in total. The summed E-state index contributed by atoms with van der Waals surface area (Å²) in [5.41, 5.74) is 1.31. The SMILES string of the molecule is CCC(=CCN=O)CC. The van der Waals surface area contributed by atoms with Gasteiger partial charge >= 0.3 is 0 Å². The minimum atomic E-state index is 0.330. The quantitative estimate of drug-likeness (QED) is 0.421. The summed E-state index contributed by atoms with van der Waals surface area (Å²) in [4.78, 5) is 9.65. The topological polar surface area (TPSA) is 29.4 Å². The first-order valence-corrected chi connectivity index (χ1v) is 3.32. The van der Waals surface area contributed by atoms with Gasteiger partial charge in [-0.1, -0.05) is 30.7 Å². The Hall–Kier alpha value is -0.660. The van der Waals surface area contributed by atoms with E-state index in [1.807, 2.05) is 6.08 Å². The van der Waals surface area contributed by atoms with E-state index in [1.54, 1.807) is 0 Å². The summed E-state index contributed by atoms with van der Waals surface area (Å²) in [6.07, 6.45) is 3.96. The molecule has 0 aliphatic rings. The van der Waals surface area contributed by atoms with Gasteiger partial charge in [-0.3, -0.25) is 0 Å². The van der Waals surface area contributed by atoms with Crippen molar-refractivity contribution < 1.29 is 0 Å². The number of hydrogen-bond donors (Lipinski definition) is 0. The fourth-order valence-corrected chi connectivity index (χ4v) is 0.705. The highest BCUT2D eigenvalue weighted by Gasteiger charge is 1.86. The van der Waals surface area contributed by atoms with Gasteiger partial charge in [0.05, 0.1) is 6.54 Å². The van der Waals surface area contributed by atoms with Crippen LogP contribution in [-0.2, 0) is 0 Å². The third-order valence-corrected chi connectivity index (χ3v) is 1.36. The van der Waals surface area contributed by atoms with Gasteiger partial charge in [0.1, 0.15) is 0 Å². The van der Waals surface area contributed by atoms with Crippen molar-refractivity contribution in [1.29, 1.82) is 0 Å². The van der Waals surface area contributed by atoms with Gasteiger partial charge in [0.15, 0.2) is 0 Å². The summed E-state index contributed by atoms with van der Waals surface area (Å²) in [6.45, 7) is 4.50. The maximum atomic E-state index is 9.65. The minimum Gasteiger partial charge on any atom is -0.150 e. The van der Waals surface area contributed by atoms with Gasteiger partial charge in [0.25, 0.3) is 0 Å². The highest BCUT2D eigenvalue weighted by Crippen LogP contribution is 2.03. The molecule has 0 radical (unpaired) electrons. The number of allylic oxidation sites excluding steroid dienone is 1. The standard InChI is InChI=1S/C7H13NO/c1-3-7(4-2)5-6-8-9/h5H,3-4,6H2,1-2H3. The number of hydrogen-bond acceptors (Lipinski definition) is 2. The molecule has 0 aromatic heterocycles. The summed E-state index contributed by atoms with van der Waals surface area (Å²) >= 11 is 0. The second-order valence-electron chi connectivity index (χ2n) is 1.88. The zero-order valence-corrected chi connectivity index (χ0v) is 6.05. The molecule has 2 heteroatoms. The van der Waals surface area contributed by atoms with E-state index in [2.05, 4.69) is 19.0 Å². The average Bonchev–Trinajstić information content (AvgIpc) is 1.91. The monoisotopic (exact) mass is 127 g/mol. The number of nitrogens with zero attached hydrogens (tertiary/aromatic N) is 1. The molecular weight excluding hydrogens is 114 g/mol. The van der Waals surface area contributed by atoms with Crippen LogP contribution in [-0.4, -0.2) is 6.54 Å². The van der Waals surface area contributed by atoms with Crippen molar-refractivity contribution in [2.75, 3.05) is 6.54 Å². The molecule has 0 aromatic carbocycles. The Morgan fingerprint density at radius 1 is 1.44 bits per heavy atom. The molecule has 52 valence electrons. The average molecular weight is 127 g/mol. The van der Waals surface area contributed by atoms with E-state index in [4.69, 9.17) is 0 Å². The predicted octanol–water partition coefficient (Wildman–Crippen LogP) is 2.50. The van der Waals surface area contributed by atoms with E-state index in [0.717, 1.165) is 12.8 Å². The van der Waals surface area contributed by atoms with Crippen molar-refractivity contribution in [1.82, 2.24) is 0 Å². The van der Waals surface area contributed by atoms with E-state index in [-0.39, 0.29) is 0 Å². The Labute approximate surface area is 55.9 Å². The van der Waals surface area contributed by atoms with Crippen molar-refractivity contribution in [3.63, 3.8) is 0 Å². The van der Waals surface area contributed by atoms with Crippen LogP contribution in [0.5, 0.6) is 0 Å². The van der Waals surface area contributed by atoms with Crippen molar-refractivity contribution >= 4 is 0 Å². The third-order valence-electron chi connectivity index (χ3n) is 1.36. The second-order valence-corrected chi connectivity index (χ2v) is 1.88. The van der Waals surface area contributed by atoms with Crippen LogP contribution < -0.4 is 0 Å². The number of nitroso groups, excluding NO2 is 1. The molecule has 0 rings (SSSR count). The summed E-state index contributed by atoms with van der Waals surface area (Å²) in [5, 5.41) is 2.74. The molecule has 0 saturated carbocycles. The molecule has 0 aliphatic heterocycles. The Balaban J connectivity index is 3.60. The van der Waals surface area contributed by atoms with Crippen LogP contribution in [0, 0.1) is 4.91 Å². The van der Waals surface area contributed by atoms with Gasteiger partial charge in [0.2, 0.25) is 0 Å². The molecule has 0 aliphatic carbocycles. The molecule has 0 bridgehead atoms. The summed E-state index contributed by atoms with van der Waals surface area (Å²) in [7, 11) is 0. The molecule has 0 saturated heterocycles. The molecular formula is C7H13NO. The van der Waals surface area contributed by atoms with Gasteiger partial charge in [-0.05, 0) is 12.8 Å². The van der Waals surface area contributed by atoms with E-state index >= 15 is 0 Å². The Morgan fingerprint density at radius 2 is 2.00 bits per heavy atom. The fraction of sp³-hybridized carbons (Fsp3) is 0.714. The Morgan fingerprint density at radius 3 is 2.33 bits per heavy atom. The largest absolute Gasteiger partial charge is 0.150 e. The molecule has 2 nitrogen and oxygen atoms in total. The molecule has 0 atom stereocenters. The van der Waals surface area contributed by atoms with Crippen molar-refractivity contribution in [3.8, 4) is 0 Å². The highest BCUT2D eigenvalue weighted by molar-refractivity contribution is 5.00. The second kappa shape index (κ2) is 5.48. The van der Waals surface area contributed by atoms with Crippen LogP contribution in [0.4, 0.5) is 0 Å². The van der Waals surface area contributed by atoms with Crippen LogP contribution in [0.25, 0.3) is 0 Å². The fourth-order valence-electron chi connectivity index (χ4n) is 0.705. The van der Waals surface area contributed by atoms with E-state index < -0.39 is 0 Å². The number of rotatable bonds is 4. The third kappa shape index (κ3) is 3.88. The zero-order chi connectivity index (χ0) is 7.11. The maximum Gasteiger partial charge on any atom is 0.0994 e. The van der Waals surface area contributed by atoms with Crippen LogP contribution in [0.1, 0.15) is 26.7 Å². The first-order chi connectivity index (χ1) is 4.35. The lowest BCUT2D eigenvalue weighted by Crippen LogP contribution is -1.79. The highest BCUT2D eigenvalue weighted by atomic mass is 16.3. The van der Waals surface area contributed by atoms with Gasteiger partial charge in [-0.15, -0.1) is 0 Å². The van der Waals surface area contributed by atoms with Crippen LogP contribution in [0.2, 0.25) is 0 Å². The van der Waals surface area contributed by atoms with Crippen molar-refractivity contribution in [2.24, 2.45) is 5.18 Å². The molecule has 0 amide bonds. The van der Waals surface area contributed by atoms with Crippen molar-refractivity contribution in [2.45, 2.75) is 26.7 Å². The molecule has 9 heavy (non-hydrogen) atoms. The Kier molecular flexibility index (Phi) is 5.07. The summed E-state index contributed by atoms with van der Waals surface area (Å²) < 4.78 is 0. The lowest BCUT2D eigenvalue weighted by molar-refractivity contribution is 0.960. The molecule has 0 aromatic rings. The van der Waals surface area contributed by atoms with Gasteiger partial charge in [-0.25, -0.2) is 0 Å². The smallest absolute Gasteiger partial charge is 0.0994 e. The van der Waals surface area contributed by atoms with Crippen LogP contribution in [0.3, 0.4) is 0 Å². The molecule has 0 unspecified atom stereocenters. The van der Waals surface area contributed by atoms with E-state index in [9.17, 15) is 4.91 Å². The van der Waals surface area contributed by atoms with Gasteiger partial charge in [0, 0.05) is 0 Å². The zero-order valence-electron chi connectivity index (χ0n) is 6.05. The first kappa shape index (κ1) is 8.34. The minimum absolute atomic E-state index is 0.330. The lowest BCUT2D eigenvalue weighted by atomic mass is 10.1. The molecule has 0 spiro atoms. The summed E-state index contributed by atoms with van der Waals surface area (Å²) in [6, 6.07) is 0. The van der Waals surface area contributed by atoms with Crippen LogP contribution in [0.15, 0.2) is 16.8 Å². The normalized spacial score (nSPS) is 8.67. The van der Waals surface area contributed by atoms with Gasteiger partial charge < -0.3 is 0 Å². The Bertz CT molecular complexity index is 101. The summed E-state index contributed by atoms with van der Waals surface area (Å²) in [5.74, 6) is 0. The lowest BCUT2D eigenvalue weighted by Gasteiger charge is -1.94. The van der Waals surface area contributed by atoms with E-state index in [1.165, 1.54) is 5.57 Å².